The summed E-state index contributed by atoms with van der Waals surface area (Å²) in [6, 6.07) is 57.1. The van der Waals surface area contributed by atoms with Crippen LogP contribution in [0.1, 0.15) is 58.1 Å². The second-order valence-electron chi connectivity index (χ2n) is 17.4. The van der Waals surface area contributed by atoms with Crippen molar-refractivity contribution in [1.29, 1.82) is 0 Å². The van der Waals surface area contributed by atoms with Crippen molar-refractivity contribution >= 4 is 93.7 Å². The van der Waals surface area contributed by atoms with Crippen molar-refractivity contribution in [2.75, 3.05) is 5.32 Å². The van der Waals surface area contributed by atoms with Gasteiger partial charge in [0.25, 0.3) is 0 Å². The summed E-state index contributed by atoms with van der Waals surface area (Å²) >= 11 is 1.88. The lowest BCUT2D eigenvalue weighted by molar-refractivity contribution is 0.590. The van der Waals surface area contributed by atoms with Crippen LogP contribution in [0.2, 0.25) is 0 Å². The molecule has 0 amide bonds. The Morgan fingerprint density at radius 3 is 2.20 bits per heavy atom. The van der Waals surface area contributed by atoms with Gasteiger partial charge in [0.2, 0.25) is 0 Å². The number of nitrogens with one attached hydrogen (secondary N) is 1. The van der Waals surface area contributed by atoms with Gasteiger partial charge in [-0.15, -0.1) is 11.3 Å². The minimum atomic E-state index is 0.0115. The highest BCUT2D eigenvalue weighted by molar-refractivity contribution is 7.25. The van der Waals surface area contributed by atoms with Crippen LogP contribution in [-0.4, -0.2) is 11.8 Å². The number of aromatic nitrogens is 1. The topological polar surface area (TPSA) is 17.0 Å². The van der Waals surface area contributed by atoms with Gasteiger partial charge in [0.15, 0.2) is 7.28 Å². The molecule has 0 fully saturated rings. The highest BCUT2D eigenvalue weighted by Gasteiger charge is 2.31. The fourth-order valence-electron chi connectivity index (χ4n) is 9.54. The average Bonchev–Trinajstić information content (AvgIpc) is 3.81. The molecule has 0 aliphatic carbocycles. The van der Waals surface area contributed by atoms with Crippen molar-refractivity contribution in [3.8, 4) is 27.9 Å². The lowest BCUT2D eigenvalue weighted by Crippen LogP contribution is -2.38. The van der Waals surface area contributed by atoms with Crippen molar-refractivity contribution in [2.45, 2.75) is 58.8 Å². The largest absolute Gasteiger partial charge is 0.355 e. The van der Waals surface area contributed by atoms with Crippen LogP contribution in [-0.2, 0) is 11.8 Å². The standard InChI is InChI=1S/C55H46BN2S/c1-5-6-8-15-34-22-26-38(27-23-34)57-47-33-50-44(40-20-13-14-21-49(40)59-50)32-43(47)45-31-42(35-16-9-7-10-17-35)51-41-28-24-36-18-11-12-19-39(36)53(41)58-48-29-25-37(55(2,3)4)30-46(48)56-52(45)54(51)58/h7,9-14,16-33,57H,5-6,8,15H2,1-4H3. The number of anilines is 2. The molecule has 11 rings (SSSR count). The van der Waals surface area contributed by atoms with Crippen LogP contribution in [0.25, 0.3) is 80.7 Å². The first kappa shape index (κ1) is 36.0. The molecule has 1 aliphatic heterocycles. The second-order valence-corrected chi connectivity index (χ2v) is 18.5. The molecule has 8 aromatic carbocycles. The van der Waals surface area contributed by atoms with Gasteiger partial charge in [0, 0.05) is 64.5 Å². The Balaban J connectivity index is 1.25. The van der Waals surface area contributed by atoms with Gasteiger partial charge in [-0.2, -0.15) is 0 Å². The molecule has 10 aromatic rings. The van der Waals surface area contributed by atoms with Gasteiger partial charge in [-0.25, -0.2) is 0 Å². The number of aryl methyl sites for hydroxylation is 1. The zero-order valence-corrected chi connectivity index (χ0v) is 35.0. The quantitative estimate of drug-likeness (QED) is 0.120. The Kier molecular flexibility index (Phi) is 8.57. The monoisotopic (exact) mass is 777 g/mol. The predicted octanol–water partition coefficient (Wildman–Crippen LogP) is 14.4. The third-order valence-corrected chi connectivity index (χ3v) is 13.7. The zero-order valence-electron chi connectivity index (χ0n) is 34.2. The van der Waals surface area contributed by atoms with Crippen LogP contribution in [0.4, 0.5) is 11.4 Å². The van der Waals surface area contributed by atoms with Crippen LogP contribution in [0.15, 0.2) is 152 Å². The molecule has 1 N–H and O–H groups in total. The van der Waals surface area contributed by atoms with Gasteiger partial charge in [-0.05, 0) is 99.4 Å². The third kappa shape index (κ3) is 5.99. The van der Waals surface area contributed by atoms with E-state index in [1.165, 1.54) is 122 Å². The van der Waals surface area contributed by atoms with E-state index in [-0.39, 0.29) is 5.41 Å². The SMILES string of the molecule is CCCCCc1ccc(Nc2cc3sc4ccccc4c3cc2-c2cc(-c3ccccc3)c3c4ccc5ccccc5c4n4c3c2[B]c2cc(C(C)(C)C)ccc2-4)cc1. The Morgan fingerprint density at radius 1 is 0.610 bits per heavy atom. The number of hydrogen-bond acceptors (Lipinski definition) is 2. The van der Waals surface area contributed by atoms with E-state index in [1.807, 2.05) is 11.3 Å². The summed E-state index contributed by atoms with van der Waals surface area (Å²) in [5, 5.41) is 11.7. The minimum absolute atomic E-state index is 0.0115. The van der Waals surface area contributed by atoms with Crippen LogP contribution in [0.5, 0.6) is 0 Å². The Labute approximate surface area is 351 Å². The maximum Gasteiger partial charge on any atom is 0.197 e. The molecule has 4 heteroatoms. The lowest BCUT2D eigenvalue weighted by atomic mass is 9.58. The molecule has 0 atom stereocenters. The Morgan fingerprint density at radius 2 is 1.39 bits per heavy atom. The van der Waals surface area contributed by atoms with Crippen LogP contribution < -0.4 is 16.2 Å². The minimum Gasteiger partial charge on any atom is -0.355 e. The molecular formula is C55H46BN2S. The molecule has 0 saturated carbocycles. The van der Waals surface area contributed by atoms with Gasteiger partial charge in [-0.3, -0.25) is 0 Å². The highest BCUT2D eigenvalue weighted by Crippen LogP contribution is 2.47. The van der Waals surface area contributed by atoms with Crippen LogP contribution >= 0.6 is 11.3 Å². The number of benzene rings is 8. The van der Waals surface area contributed by atoms with Gasteiger partial charge < -0.3 is 9.88 Å². The molecule has 59 heavy (non-hydrogen) atoms. The molecule has 2 nitrogen and oxygen atoms in total. The molecule has 0 unspecified atom stereocenters. The van der Waals surface area contributed by atoms with Crippen molar-refractivity contribution < 1.29 is 0 Å². The van der Waals surface area contributed by atoms with E-state index in [0.29, 0.717) is 0 Å². The fraction of sp³-hybridized carbons (Fsp3) is 0.164. The first-order valence-corrected chi connectivity index (χ1v) is 22.1. The van der Waals surface area contributed by atoms with E-state index in [2.05, 4.69) is 197 Å². The molecule has 2 aromatic heterocycles. The van der Waals surface area contributed by atoms with Gasteiger partial charge in [0.05, 0.1) is 5.52 Å². The van der Waals surface area contributed by atoms with E-state index < -0.39 is 0 Å². The molecule has 0 saturated heterocycles. The van der Waals surface area contributed by atoms with Crippen molar-refractivity contribution in [1.82, 2.24) is 4.57 Å². The summed E-state index contributed by atoms with van der Waals surface area (Å²) in [6.45, 7) is 9.22. The second kappa shape index (κ2) is 14.0. The van der Waals surface area contributed by atoms with Crippen LogP contribution in [0.3, 0.4) is 0 Å². The van der Waals surface area contributed by atoms with Gasteiger partial charge >= 0.3 is 0 Å². The summed E-state index contributed by atoms with van der Waals surface area (Å²) < 4.78 is 5.20. The first-order chi connectivity index (χ1) is 28.8. The van der Waals surface area contributed by atoms with E-state index >= 15 is 0 Å². The summed E-state index contributed by atoms with van der Waals surface area (Å²) in [6.07, 6.45) is 4.86. The summed E-state index contributed by atoms with van der Waals surface area (Å²) in [4.78, 5) is 0. The summed E-state index contributed by atoms with van der Waals surface area (Å²) in [5.74, 6) is 0. The fourth-order valence-corrected chi connectivity index (χ4v) is 10.7. The number of unbranched alkanes of at least 4 members (excludes halogenated alkanes) is 2. The molecule has 1 aliphatic rings. The Hall–Kier alpha value is -6.10. The normalized spacial score (nSPS) is 12.5. The van der Waals surface area contributed by atoms with E-state index in [9.17, 15) is 0 Å². The van der Waals surface area contributed by atoms with Gasteiger partial charge in [0.1, 0.15) is 0 Å². The Bertz CT molecular complexity index is 3250. The number of rotatable bonds is 8. The maximum atomic E-state index is 3.98. The van der Waals surface area contributed by atoms with Gasteiger partial charge in [-0.1, -0.05) is 155 Å². The average molecular weight is 778 g/mol. The molecule has 0 bridgehead atoms. The number of fused-ring (bicyclic) bond motifs is 10. The first-order valence-electron chi connectivity index (χ1n) is 21.2. The van der Waals surface area contributed by atoms with Crippen molar-refractivity contribution in [3.05, 3.63) is 163 Å². The smallest absolute Gasteiger partial charge is 0.197 e. The molecule has 0 spiro atoms. The molecule has 3 heterocycles. The molecule has 285 valence electrons. The molecular weight excluding hydrogens is 731 g/mol. The highest BCUT2D eigenvalue weighted by atomic mass is 32.1. The third-order valence-electron chi connectivity index (χ3n) is 12.6. The maximum absolute atomic E-state index is 3.98. The number of nitrogens with zero attached hydrogens (tertiary/aromatic N) is 1. The van der Waals surface area contributed by atoms with Crippen molar-refractivity contribution in [2.24, 2.45) is 0 Å². The molecule has 1 radical (unpaired) electrons. The number of hydrogen-bond donors (Lipinski definition) is 1. The van der Waals surface area contributed by atoms with Crippen LogP contribution in [0, 0.1) is 0 Å². The van der Waals surface area contributed by atoms with E-state index in [0.717, 1.165) is 17.8 Å². The predicted molar refractivity (Wildman–Crippen MR) is 259 cm³/mol. The summed E-state index contributed by atoms with van der Waals surface area (Å²) in [7, 11) is 2.49. The zero-order chi connectivity index (χ0) is 39.8. The van der Waals surface area contributed by atoms with Crippen molar-refractivity contribution in [3.63, 3.8) is 0 Å². The van der Waals surface area contributed by atoms with E-state index in [4.69, 9.17) is 0 Å². The lowest BCUT2D eigenvalue weighted by Gasteiger charge is -2.27. The van der Waals surface area contributed by atoms with E-state index in [1.54, 1.807) is 0 Å². The number of thiophene rings is 1. The summed E-state index contributed by atoms with van der Waals surface area (Å²) in [5.41, 5.74) is 16.1.